The van der Waals surface area contributed by atoms with E-state index in [1.807, 2.05) is 17.9 Å². The molecule has 4 nitrogen and oxygen atoms in total. The zero-order chi connectivity index (χ0) is 13.9. The quantitative estimate of drug-likeness (QED) is 0.902. The summed E-state index contributed by atoms with van der Waals surface area (Å²) in [5.41, 5.74) is 2.28. The Kier molecular flexibility index (Phi) is 4.58. The molecule has 106 valence electrons. The SMILES string of the molecule is CC1CCC(CN(C)Cc2cscn2)(C(=O)O)CC1. The first-order valence-corrected chi connectivity index (χ1v) is 7.75. The lowest BCUT2D eigenvalue weighted by atomic mass is 9.70. The maximum absolute atomic E-state index is 11.7. The Morgan fingerprint density at radius 1 is 1.58 bits per heavy atom. The van der Waals surface area contributed by atoms with Gasteiger partial charge in [0, 0.05) is 18.5 Å². The first-order valence-electron chi connectivity index (χ1n) is 6.81. The van der Waals surface area contributed by atoms with Gasteiger partial charge in [-0.2, -0.15) is 0 Å². The van der Waals surface area contributed by atoms with Gasteiger partial charge in [-0.1, -0.05) is 6.92 Å². The Balaban J connectivity index is 1.98. The van der Waals surface area contributed by atoms with Crippen LogP contribution in [0.5, 0.6) is 0 Å². The highest BCUT2D eigenvalue weighted by atomic mass is 32.1. The van der Waals surface area contributed by atoms with Crippen LogP contribution in [-0.4, -0.2) is 34.6 Å². The van der Waals surface area contributed by atoms with Crippen LogP contribution in [0.4, 0.5) is 0 Å². The molecule has 0 spiro atoms. The van der Waals surface area contributed by atoms with Crippen molar-refractivity contribution < 1.29 is 9.90 Å². The fourth-order valence-electron chi connectivity index (χ4n) is 2.92. The lowest BCUT2D eigenvalue weighted by Gasteiger charge is -2.38. The van der Waals surface area contributed by atoms with Crippen molar-refractivity contribution >= 4 is 17.3 Å². The molecule has 0 radical (unpaired) electrons. The molecule has 1 aliphatic rings. The molecule has 0 unspecified atom stereocenters. The molecule has 1 saturated carbocycles. The van der Waals surface area contributed by atoms with Gasteiger partial charge in [0.25, 0.3) is 0 Å². The topological polar surface area (TPSA) is 53.4 Å². The predicted octanol–water partition coefficient (Wildman–Crippen LogP) is 2.86. The van der Waals surface area contributed by atoms with E-state index in [-0.39, 0.29) is 0 Å². The van der Waals surface area contributed by atoms with Crippen LogP contribution in [0.15, 0.2) is 10.9 Å². The minimum atomic E-state index is -0.635. The van der Waals surface area contributed by atoms with Gasteiger partial charge >= 0.3 is 5.97 Å². The van der Waals surface area contributed by atoms with Gasteiger partial charge in [0.1, 0.15) is 0 Å². The third-order valence-corrected chi connectivity index (χ3v) is 4.81. The number of aliphatic carboxylic acids is 1. The van der Waals surface area contributed by atoms with E-state index in [0.717, 1.165) is 37.9 Å². The van der Waals surface area contributed by atoms with Gasteiger partial charge in [-0.25, -0.2) is 4.98 Å². The number of hydrogen-bond donors (Lipinski definition) is 1. The molecule has 2 rings (SSSR count). The average molecular weight is 282 g/mol. The van der Waals surface area contributed by atoms with Crippen molar-refractivity contribution in [2.45, 2.75) is 39.2 Å². The Morgan fingerprint density at radius 3 is 2.79 bits per heavy atom. The van der Waals surface area contributed by atoms with Crippen molar-refractivity contribution in [3.05, 3.63) is 16.6 Å². The van der Waals surface area contributed by atoms with Crippen LogP contribution in [0.1, 0.15) is 38.3 Å². The maximum Gasteiger partial charge on any atom is 0.310 e. The van der Waals surface area contributed by atoms with E-state index in [1.165, 1.54) is 0 Å². The van der Waals surface area contributed by atoms with Crippen LogP contribution < -0.4 is 0 Å². The fourth-order valence-corrected chi connectivity index (χ4v) is 3.47. The van der Waals surface area contributed by atoms with Crippen LogP contribution in [-0.2, 0) is 11.3 Å². The summed E-state index contributed by atoms with van der Waals surface area (Å²) in [5, 5.41) is 11.6. The number of carboxylic acid groups (broad SMARTS) is 1. The number of hydrogen-bond acceptors (Lipinski definition) is 4. The summed E-state index contributed by atoms with van der Waals surface area (Å²) in [7, 11) is 1.99. The van der Waals surface area contributed by atoms with Gasteiger partial charge in [-0.3, -0.25) is 9.69 Å². The van der Waals surface area contributed by atoms with Crippen LogP contribution in [0.25, 0.3) is 0 Å². The molecule has 1 aromatic rings. The second kappa shape index (κ2) is 6.01. The van der Waals surface area contributed by atoms with E-state index < -0.39 is 11.4 Å². The van der Waals surface area contributed by atoms with Gasteiger partial charge in [0.15, 0.2) is 0 Å². The summed E-state index contributed by atoms with van der Waals surface area (Å²) in [6.45, 7) is 3.56. The van der Waals surface area contributed by atoms with Gasteiger partial charge in [-0.05, 0) is 38.6 Å². The second-order valence-electron chi connectivity index (χ2n) is 5.92. The van der Waals surface area contributed by atoms with Crippen molar-refractivity contribution in [3.63, 3.8) is 0 Å². The van der Waals surface area contributed by atoms with Crippen molar-refractivity contribution in [1.82, 2.24) is 9.88 Å². The highest BCUT2D eigenvalue weighted by Crippen LogP contribution is 2.39. The molecule has 0 aromatic carbocycles. The van der Waals surface area contributed by atoms with Crippen molar-refractivity contribution in [2.24, 2.45) is 11.3 Å². The highest BCUT2D eigenvalue weighted by Gasteiger charge is 2.41. The molecule has 0 aliphatic heterocycles. The van der Waals surface area contributed by atoms with Crippen LogP contribution in [0.3, 0.4) is 0 Å². The van der Waals surface area contributed by atoms with E-state index in [0.29, 0.717) is 12.5 Å². The summed E-state index contributed by atoms with van der Waals surface area (Å²) in [6, 6.07) is 0. The zero-order valence-electron chi connectivity index (χ0n) is 11.6. The molecule has 1 N–H and O–H groups in total. The van der Waals surface area contributed by atoms with Crippen LogP contribution in [0.2, 0.25) is 0 Å². The van der Waals surface area contributed by atoms with E-state index in [4.69, 9.17) is 0 Å². The normalized spacial score (nSPS) is 27.6. The summed E-state index contributed by atoms with van der Waals surface area (Å²) in [5.74, 6) is 0.0286. The van der Waals surface area contributed by atoms with Crippen molar-refractivity contribution in [1.29, 1.82) is 0 Å². The average Bonchev–Trinajstić information content (AvgIpc) is 2.84. The molecule has 1 aliphatic carbocycles. The van der Waals surface area contributed by atoms with E-state index >= 15 is 0 Å². The monoisotopic (exact) mass is 282 g/mol. The third-order valence-electron chi connectivity index (χ3n) is 4.17. The Hall–Kier alpha value is -0.940. The largest absolute Gasteiger partial charge is 0.481 e. The molecular weight excluding hydrogens is 260 g/mol. The maximum atomic E-state index is 11.7. The van der Waals surface area contributed by atoms with E-state index in [2.05, 4.69) is 16.8 Å². The van der Waals surface area contributed by atoms with Crippen molar-refractivity contribution in [2.75, 3.05) is 13.6 Å². The number of aromatic nitrogens is 1. The molecule has 5 heteroatoms. The van der Waals surface area contributed by atoms with Crippen molar-refractivity contribution in [3.8, 4) is 0 Å². The van der Waals surface area contributed by atoms with Gasteiger partial charge in [0.2, 0.25) is 0 Å². The smallest absolute Gasteiger partial charge is 0.310 e. The molecule has 1 heterocycles. The molecule has 0 saturated heterocycles. The first-order chi connectivity index (χ1) is 9.02. The third kappa shape index (κ3) is 3.54. The fraction of sp³-hybridized carbons (Fsp3) is 0.714. The summed E-state index contributed by atoms with van der Waals surface area (Å²) in [4.78, 5) is 18.0. The van der Waals surface area contributed by atoms with Crippen LogP contribution in [0, 0.1) is 11.3 Å². The number of carbonyl (C=O) groups is 1. The first kappa shape index (κ1) is 14.5. The predicted molar refractivity (Wildman–Crippen MR) is 76.1 cm³/mol. The molecule has 19 heavy (non-hydrogen) atoms. The minimum Gasteiger partial charge on any atom is -0.481 e. The molecular formula is C14H22N2O2S. The number of rotatable bonds is 5. The lowest BCUT2D eigenvalue weighted by Crippen LogP contribution is -2.44. The molecule has 0 bridgehead atoms. The zero-order valence-corrected chi connectivity index (χ0v) is 12.4. The van der Waals surface area contributed by atoms with Crippen LogP contribution >= 0.6 is 11.3 Å². The second-order valence-corrected chi connectivity index (χ2v) is 6.64. The van der Waals surface area contributed by atoms with Gasteiger partial charge in [0.05, 0.1) is 16.6 Å². The van der Waals surface area contributed by atoms with Gasteiger partial charge < -0.3 is 5.11 Å². The standard InChI is InChI=1S/C14H22N2O2S/c1-11-3-5-14(6-4-11,13(17)18)9-16(2)7-12-8-19-10-15-12/h8,10-11H,3-7,9H2,1-2H3,(H,17,18). The summed E-state index contributed by atoms with van der Waals surface area (Å²) >= 11 is 1.58. The summed E-state index contributed by atoms with van der Waals surface area (Å²) < 4.78 is 0. The number of nitrogens with zero attached hydrogens (tertiary/aromatic N) is 2. The number of carboxylic acids is 1. The van der Waals surface area contributed by atoms with E-state index in [9.17, 15) is 9.90 Å². The molecule has 0 amide bonds. The Labute approximate surface area is 118 Å². The Morgan fingerprint density at radius 2 is 2.26 bits per heavy atom. The highest BCUT2D eigenvalue weighted by molar-refractivity contribution is 7.07. The Bertz CT molecular complexity index is 411. The lowest BCUT2D eigenvalue weighted by molar-refractivity contribution is -0.153. The number of thiazole rings is 1. The molecule has 0 atom stereocenters. The van der Waals surface area contributed by atoms with Gasteiger partial charge in [-0.15, -0.1) is 11.3 Å². The summed E-state index contributed by atoms with van der Waals surface area (Å²) in [6.07, 6.45) is 3.64. The molecule has 1 fully saturated rings. The van der Waals surface area contributed by atoms with E-state index in [1.54, 1.807) is 11.3 Å². The molecule has 1 aromatic heterocycles. The minimum absolute atomic E-state index is 0.558.